The predicted octanol–water partition coefficient (Wildman–Crippen LogP) is 2.22. The Bertz CT molecular complexity index is 663. The van der Waals surface area contributed by atoms with Crippen molar-refractivity contribution in [2.45, 2.75) is 33.2 Å². The highest BCUT2D eigenvalue weighted by Gasteiger charge is 2.15. The molecular weight excluding hydrogens is 288 g/mol. The molecule has 2 aromatic rings. The van der Waals surface area contributed by atoms with Gasteiger partial charge in [0.05, 0.1) is 12.1 Å². The average molecular weight is 314 g/mol. The maximum atomic E-state index is 12.2. The van der Waals surface area contributed by atoms with Crippen LogP contribution in [0.5, 0.6) is 0 Å². The molecule has 0 aliphatic rings. The lowest BCUT2D eigenvalue weighted by molar-refractivity contribution is -0.120. The molecule has 0 saturated carbocycles. The number of rotatable bonds is 6. The summed E-state index contributed by atoms with van der Waals surface area (Å²) in [6.07, 6.45) is 0.382. The Morgan fingerprint density at radius 3 is 2.52 bits per heavy atom. The van der Waals surface area contributed by atoms with E-state index in [1.807, 2.05) is 50.8 Å². The van der Waals surface area contributed by atoms with Crippen molar-refractivity contribution < 1.29 is 4.79 Å². The van der Waals surface area contributed by atoms with Crippen LogP contribution in [-0.2, 0) is 18.3 Å². The van der Waals surface area contributed by atoms with E-state index in [9.17, 15) is 4.79 Å². The SMILES string of the molecule is Cc1nn(C)c(C)c1CC(=O)NC[C@@H](C)N(C)c1ccccc1. The molecule has 5 heteroatoms. The topological polar surface area (TPSA) is 50.2 Å². The van der Waals surface area contributed by atoms with E-state index in [0.29, 0.717) is 13.0 Å². The summed E-state index contributed by atoms with van der Waals surface area (Å²) in [5.41, 5.74) is 4.14. The van der Waals surface area contributed by atoms with Crippen LogP contribution >= 0.6 is 0 Å². The molecule has 0 fully saturated rings. The minimum atomic E-state index is 0.0394. The first kappa shape index (κ1) is 17.1. The van der Waals surface area contributed by atoms with E-state index in [2.05, 4.69) is 34.4 Å². The van der Waals surface area contributed by atoms with Gasteiger partial charge in [-0.2, -0.15) is 5.10 Å². The van der Waals surface area contributed by atoms with Crippen molar-refractivity contribution in [2.75, 3.05) is 18.5 Å². The summed E-state index contributed by atoms with van der Waals surface area (Å²) in [6.45, 7) is 6.66. The smallest absolute Gasteiger partial charge is 0.224 e. The Labute approximate surface area is 138 Å². The zero-order valence-corrected chi connectivity index (χ0v) is 14.6. The van der Waals surface area contributed by atoms with Crippen molar-refractivity contribution in [3.05, 3.63) is 47.3 Å². The Hall–Kier alpha value is -2.30. The largest absolute Gasteiger partial charge is 0.370 e. The van der Waals surface area contributed by atoms with Crippen molar-refractivity contribution in [1.29, 1.82) is 0 Å². The first-order valence-electron chi connectivity index (χ1n) is 7.93. The second-order valence-corrected chi connectivity index (χ2v) is 6.05. The van der Waals surface area contributed by atoms with Gasteiger partial charge >= 0.3 is 0 Å². The monoisotopic (exact) mass is 314 g/mol. The molecular formula is C18H26N4O. The molecule has 1 amide bonds. The molecule has 0 aliphatic carbocycles. The molecule has 5 nitrogen and oxygen atoms in total. The van der Waals surface area contributed by atoms with Gasteiger partial charge in [0.25, 0.3) is 0 Å². The number of para-hydroxylation sites is 1. The van der Waals surface area contributed by atoms with E-state index in [0.717, 1.165) is 22.6 Å². The number of benzene rings is 1. The normalized spacial score (nSPS) is 12.0. The number of nitrogens with zero attached hydrogens (tertiary/aromatic N) is 3. The highest BCUT2D eigenvalue weighted by Crippen LogP contribution is 2.14. The van der Waals surface area contributed by atoms with Gasteiger partial charge < -0.3 is 10.2 Å². The first-order chi connectivity index (χ1) is 10.9. The molecule has 0 radical (unpaired) electrons. The summed E-state index contributed by atoms with van der Waals surface area (Å²) in [5, 5.41) is 7.38. The number of anilines is 1. The molecule has 1 heterocycles. The summed E-state index contributed by atoms with van der Waals surface area (Å²) in [5.74, 6) is 0.0394. The van der Waals surface area contributed by atoms with Crippen molar-refractivity contribution >= 4 is 11.6 Å². The number of likely N-dealkylation sites (N-methyl/N-ethyl adjacent to an activating group) is 1. The number of hydrogen-bond donors (Lipinski definition) is 1. The summed E-state index contributed by atoms with van der Waals surface area (Å²) in [6, 6.07) is 10.4. The summed E-state index contributed by atoms with van der Waals surface area (Å²) in [4.78, 5) is 14.4. The van der Waals surface area contributed by atoms with E-state index < -0.39 is 0 Å². The lowest BCUT2D eigenvalue weighted by atomic mass is 10.1. The van der Waals surface area contributed by atoms with Gasteiger partial charge in [-0.25, -0.2) is 0 Å². The van der Waals surface area contributed by atoms with Crippen LogP contribution < -0.4 is 10.2 Å². The number of carbonyl (C=O) groups excluding carboxylic acids is 1. The Morgan fingerprint density at radius 2 is 1.96 bits per heavy atom. The summed E-state index contributed by atoms with van der Waals surface area (Å²) >= 11 is 0. The maximum Gasteiger partial charge on any atom is 0.224 e. The summed E-state index contributed by atoms with van der Waals surface area (Å²) < 4.78 is 1.82. The fourth-order valence-corrected chi connectivity index (χ4v) is 2.61. The standard InChI is InChI=1S/C18H26N4O/c1-13(21(4)16-9-7-6-8-10-16)12-19-18(23)11-17-14(2)20-22(5)15(17)3/h6-10,13H,11-12H2,1-5H3,(H,19,23)/t13-/m1/s1. The third kappa shape index (κ3) is 4.12. The fourth-order valence-electron chi connectivity index (χ4n) is 2.61. The number of aromatic nitrogens is 2. The van der Waals surface area contributed by atoms with Crippen molar-refractivity contribution in [3.63, 3.8) is 0 Å². The number of amides is 1. The van der Waals surface area contributed by atoms with Crippen molar-refractivity contribution in [3.8, 4) is 0 Å². The first-order valence-corrected chi connectivity index (χ1v) is 7.93. The zero-order chi connectivity index (χ0) is 17.0. The minimum absolute atomic E-state index is 0.0394. The van der Waals surface area contributed by atoms with Gasteiger partial charge in [0.15, 0.2) is 0 Å². The third-order valence-electron chi connectivity index (χ3n) is 4.42. The molecule has 2 rings (SSSR count). The van der Waals surface area contributed by atoms with E-state index in [4.69, 9.17) is 0 Å². The van der Waals surface area contributed by atoms with Gasteiger partial charge in [-0.3, -0.25) is 9.48 Å². The van der Waals surface area contributed by atoms with Gasteiger partial charge in [0.1, 0.15) is 0 Å². The summed E-state index contributed by atoms with van der Waals surface area (Å²) in [7, 11) is 3.95. The predicted molar refractivity (Wildman–Crippen MR) is 93.7 cm³/mol. The molecule has 1 aromatic heterocycles. The van der Waals surface area contributed by atoms with Crippen LogP contribution in [0.2, 0.25) is 0 Å². The highest BCUT2D eigenvalue weighted by atomic mass is 16.1. The molecule has 0 spiro atoms. The van der Waals surface area contributed by atoms with E-state index in [1.165, 1.54) is 0 Å². The lowest BCUT2D eigenvalue weighted by Gasteiger charge is -2.27. The molecule has 0 unspecified atom stereocenters. The Kier molecular flexibility index (Phi) is 5.42. The van der Waals surface area contributed by atoms with E-state index in [1.54, 1.807) is 0 Å². The fraction of sp³-hybridized carbons (Fsp3) is 0.444. The number of aryl methyl sites for hydroxylation is 2. The highest BCUT2D eigenvalue weighted by molar-refractivity contribution is 5.79. The molecule has 23 heavy (non-hydrogen) atoms. The Balaban J connectivity index is 1.89. The zero-order valence-electron chi connectivity index (χ0n) is 14.6. The van der Waals surface area contributed by atoms with Crippen molar-refractivity contribution in [2.24, 2.45) is 7.05 Å². The van der Waals surface area contributed by atoms with Gasteiger partial charge in [0.2, 0.25) is 5.91 Å². The van der Waals surface area contributed by atoms with Crippen LogP contribution in [0.4, 0.5) is 5.69 Å². The van der Waals surface area contributed by atoms with Crippen LogP contribution in [0.25, 0.3) is 0 Å². The van der Waals surface area contributed by atoms with Gasteiger partial charge in [-0.1, -0.05) is 18.2 Å². The lowest BCUT2D eigenvalue weighted by Crippen LogP contribution is -2.40. The van der Waals surface area contributed by atoms with E-state index >= 15 is 0 Å². The molecule has 0 aliphatic heterocycles. The molecule has 0 saturated heterocycles. The molecule has 124 valence electrons. The van der Waals surface area contributed by atoms with Crippen LogP contribution in [0.1, 0.15) is 23.9 Å². The molecule has 1 N–H and O–H groups in total. The van der Waals surface area contributed by atoms with Gasteiger partial charge in [0, 0.05) is 43.6 Å². The number of hydrogen-bond acceptors (Lipinski definition) is 3. The molecule has 1 atom stereocenters. The van der Waals surface area contributed by atoms with Crippen molar-refractivity contribution in [1.82, 2.24) is 15.1 Å². The van der Waals surface area contributed by atoms with Crippen LogP contribution in [-0.4, -0.2) is 35.3 Å². The number of nitrogens with one attached hydrogen (secondary N) is 1. The van der Waals surface area contributed by atoms with Gasteiger partial charge in [-0.05, 0) is 32.9 Å². The van der Waals surface area contributed by atoms with Crippen LogP contribution in [0.3, 0.4) is 0 Å². The number of carbonyl (C=O) groups is 1. The van der Waals surface area contributed by atoms with Gasteiger partial charge in [-0.15, -0.1) is 0 Å². The maximum absolute atomic E-state index is 12.2. The van der Waals surface area contributed by atoms with Crippen LogP contribution in [0.15, 0.2) is 30.3 Å². The average Bonchev–Trinajstić information content (AvgIpc) is 2.79. The van der Waals surface area contributed by atoms with Crippen LogP contribution in [0, 0.1) is 13.8 Å². The third-order valence-corrected chi connectivity index (χ3v) is 4.42. The van der Waals surface area contributed by atoms with E-state index in [-0.39, 0.29) is 11.9 Å². The Morgan fingerprint density at radius 1 is 1.30 bits per heavy atom. The second kappa shape index (κ2) is 7.31. The second-order valence-electron chi connectivity index (χ2n) is 6.05. The minimum Gasteiger partial charge on any atom is -0.370 e. The molecule has 1 aromatic carbocycles. The quantitative estimate of drug-likeness (QED) is 0.889. The molecule has 0 bridgehead atoms.